The molecule has 0 bridgehead atoms. The molecule has 144 valence electrons. The van der Waals surface area contributed by atoms with E-state index in [4.69, 9.17) is 16.0 Å². The highest BCUT2D eigenvalue weighted by molar-refractivity contribution is 6.30. The lowest BCUT2D eigenvalue weighted by molar-refractivity contribution is -0.116. The van der Waals surface area contributed by atoms with Gasteiger partial charge in [-0.2, -0.15) is 0 Å². The van der Waals surface area contributed by atoms with Crippen LogP contribution in [0.25, 0.3) is 0 Å². The smallest absolute Gasteiger partial charge is 0.343 e. The Kier molecular flexibility index (Phi) is 5.85. The quantitative estimate of drug-likeness (QED) is 0.649. The molecule has 6 heteroatoms. The van der Waals surface area contributed by atoms with Gasteiger partial charge in [-0.25, -0.2) is 4.79 Å². The maximum absolute atomic E-state index is 12.7. The molecule has 0 aliphatic rings. The predicted molar refractivity (Wildman–Crippen MR) is 109 cm³/mol. The van der Waals surface area contributed by atoms with Gasteiger partial charge in [0.05, 0.1) is 5.56 Å². The molecule has 0 aliphatic heterocycles. The zero-order chi connectivity index (χ0) is 20.3. The van der Waals surface area contributed by atoms with Crippen molar-refractivity contribution in [1.82, 2.24) is 0 Å². The number of anilines is 1. The third kappa shape index (κ3) is 4.61. The average Bonchev–Trinajstić information content (AvgIpc) is 2.62. The molecule has 1 amide bonds. The monoisotopic (exact) mass is 397 g/mol. The standard InChI is InChI=1S/C22H20ClNO4/c1-13-6-8-17(9-7-13)24-20(26)12-18(15-4-3-5-16(23)11-15)21-19(25)10-14(2)28-22(21)27/h3-11,18,25H,12H2,1-2H3,(H,24,26). The van der Waals surface area contributed by atoms with Crippen molar-refractivity contribution in [2.24, 2.45) is 0 Å². The summed E-state index contributed by atoms with van der Waals surface area (Å²) in [5.41, 5.74) is 1.73. The summed E-state index contributed by atoms with van der Waals surface area (Å²) in [6.45, 7) is 3.53. The number of aryl methyl sites for hydroxylation is 2. The Hall–Kier alpha value is -3.05. The molecule has 0 spiro atoms. The first-order valence-corrected chi connectivity index (χ1v) is 9.17. The molecule has 2 N–H and O–H groups in total. The van der Waals surface area contributed by atoms with Gasteiger partial charge in [0.15, 0.2) is 0 Å². The summed E-state index contributed by atoms with van der Waals surface area (Å²) in [6.07, 6.45) is -0.0599. The van der Waals surface area contributed by atoms with Crippen molar-refractivity contribution < 1.29 is 14.3 Å². The molecule has 3 aromatic rings. The fourth-order valence-corrected chi connectivity index (χ4v) is 3.27. The number of rotatable bonds is 5. The van der Waals surface area contributed by atoms with E-state index in [1.807, 2.05) is 19.1 Å². The van der Waals surface area contributed by atoms with Crippen molar-refractivity contribution in [3.8, 4) is 5.75 Å². The van der Waals surface area contributed by atoms with Crippen molar-refractivity contribution >= 4 is 23.2 Å². The normalized spacial score (nSPS) is 11.8. The SMILES string of the molecule is Cc1ccc(NC(=O)CC(c2cccc(Cl)c2)c2c(O)cc(C)oc2=O)cc1. The molecule has 0 aliphatic carbocycles. The Morgan fingerprint density at radius 3 is 2.50 bits per heavy atom. The number of hydrogen-bond acceptors (Lipinski definition) is 4. The van der Waals surface area contributed by atoms with E-state index >= 15 is 0 Å². The maximum Gasteiger partial charge on any atom is 0.343 e. The molecule has 0 saturated carbocycles. The topological polar surface area (TPSA) is 79.5 Å². The summed E-state index contributed by atoms with van der Waals surface area (Å²) in [7, 11) is 0. The van der Waals surface area contributed by atoms with Crippen LogP contribution in [0.3, 0.4) is 0 Å². The second-order valence-electron chi connectivity index (χ2n) is 6.67. The summed E-state index contributed by atoms with van der Waals surface area (Å²) in [5, 5.41) is 13.7. The molecule has 1 atom stereocenters. The number of hydrogen-bond donors (Lipinski definition) is 2. The second-order valence-corrected chi connectivity index (χ2v) is 7.11. The number of nitrogens with one attached hydrogen (secondary N) is 1. The van der Waals surface area contributed by atoms with Crippen LogP contribution in [0, 0.1) is 13.8 Å². The first kappa shape index (κ1) is 19.7. The molecular weight excluding hydrogens is 378 g/mol. The largest absolute Gasteiger partial charge is 0.507 e. The van der Waals surface area contributed by atoms with Gasteiger partial charge in [-0.05, 0) is 43.7 Å². The summed E-state index contributed by atoms with van der Waals surface area (Å²) >= 11 is 6.10. The molecule has 5 nitrogen and oxygen atoms in total. The van der Waals surface area contributed by atoms with Crippen molar-refractivity contribution in [2.45, 2.75) is 26.2 Å². The summed E-state index contributed by atoms with van der Waals surface area (Å²) in [4.78, 5) is 25.1. The molecule has 1 aromatic heterocycles. The fraction of sp³-hybridized carbons (Fsp3) is 0.182. The number of carbonyl (C=O) groups excluding carboxylic acids is 1. The lowest BCUT2D eigenvalue weighted by atomic mass is 9.88. The van der Waals surface area contributed by atoms with Gasteiger partial charge >= 0.3 is 5.63 Å². The third-order valence-corrected chi connectivity index (χ3v) is 4.65. The Labute approximate surface area is 167 Å². The Morgan fingerprint density at radius 2 is 1.86 bits per heavy atom. The minimum absolute atomic E-state index is 0.0342. The lowest BCUT2D eigenvalue weighted by Crippen LogP contribution is -2.21. The van der Waals surface area contributed by atoms with Gasteiger partial charge < -0.3 is 14.8 Å². The minimum Gasteiger partial charge on any atom is -0.507 e. The van der Waals surface area contributed by atoms with Crippen LogP contribution in [0.2, 0.25) is 5.02 Å². The summed E-state index contributed by atoms with van der Waals surface area (Å²) in [6, 6.07) is 15.6. The van der Waals surface area contributed by atoms with Gasteiger partial charge in [-0.3, -0.25) is 4.79 Å². The maximum atomic E-state index is 12.7. The van der Waals surface area contributed by atoms with E-state index in [0.717, 1.165) is 5.56 Å². The molecule has 28 heavy (non-hydrogen) atoms. The van der Waals surface area contributed by atoms with Crippen molar-refractivity contribution in [1.29, 1.82) is 0 Å². The van der Waals surface area contributed by atoms with E-state index in [0.29, 0.717) is 22.0 Å². The molecule has 0 fully saturated rings. The number of amides is 1. The first-order chi connectivity index (χ1) is 13.3. The van der Waals surface area contributed by atoms with E-state index in [-0.39, 0.29) is 23.6 Å². The van der Waals surface area contributed by atoms with E-state index in [2.05, 4.69) is 5.32 Å². The third-order valence-electron chi connectivity index (χ3n) is 4.41. The summed E-state index contributed by atoms with van der Waals surface area (Å²) < 4.78 is 5.15. The second kappa shape index (κ2) is 8.31. The lowest BCUT2D eigenvalue weighted by Gasteiger charge is -2.18. The van der Waals surface area contributed by atoms with Gasteiger partial charge in [0, 0.05) is 29.1 Å². The zero-order valence-corrected chi connectivity index (χ0v) is 16.3. The van der Waals surface area contributed by atoms with Crippen LogP contribution in [0.4, 0.5) is 5.69 Å². The highest BCUT2D eigenvalue weighted by atomic mass is 35.5. The van der Waals surface area contributed by atoms with Crippen molar-refractivity contribution in [3.05, 3.63) is 92.5 Å². The summed E-state index contributed by atoms with van der Waals surface area (Å²) in [5.74, 6) is -0.920. The molecule has 0 saturated heterocycles. The zero-order valence-electron chi connectivity index (χ0n) is 15.5. The van der Waals surface area contributed by atoms with Gasteiger partial charge in [0.2, 0.25) is 5.91 Å². The molecule has 1 heterocycles. The van der Waals surface area contributed by atoms with E-state index in [1.165, 1.54) is 6.07 Å². The van der Waals surface area contributed by atoms with Gasteiger partial charge in [0.1, 0.15) is 11.5 Å². The highest BCUT2D eigenvalue weighted by Crippen LogP contribution is 2.33. The Bertz CT molecular complexity index is 1060. The number of halogens is 1. The Morgan fingerprint density at radius 1 is 1.14 bits per heavy atom. The number of carbonyl (C=O) groups is 1. The van der Waals surface area contributed by atoms with Gasteiger partial charge in [-0.1, -0.05) is 41.4 Å². The van der Waals surface area contributed by atoms with Crippen LogP contribution in [0.1, 0.15) is 34.8 Å². The van der Waals surface area contributed by atoms with Crippen molar-refractivity contribution in [3.63, 3.8) is 0 Å². The minimum atomic E-state index is -0.707. The number of benzene rings is 2. The van der Waals surface area contributed by atoms with Crippen LogP contribution < -0.4 is 10.9 Å². The molecule has 0 radical (unpaired) electrons. The molecule has 2 aromatic carbocycles. The molecular formula is C22H20ClNO4. The molecule has 1 unspecified atom stereocenters. The van der Waals surface area contributed by atoms with Crippen LogP contribution in [0.15, 0.2) is 63.8 Å². The van der Waals surface area contributed by atoms with E-state index in [1.54, 1.807) is 43.3 Å². The Balaban J connectivity index is 1.96. The van der Waals surface area contributed by atoms with Crippen LogP contribution in [-0.2, 0) is 4.79 Å². The van der Waals surface area contributed by atoms with Crippen LogP contribution in [-0.4, -0.2) is 11.0 Å². The van der Waals surface area contributed by atoms with E-state index < -0.39 is 11.5 Å². The van der Waals surface area contributed by atoms with Crippen LogP contribution in [0.5, 0.6) is 5.75 Å². The fourth-order valence-electron chi connectivity index (χ4n) is 3.07. The van der Waals surface area contributed by atoms with Gasteiger partial charge in [0.25, 0.3) is 0 Å². The predicted octanol–water partition coefficient (Wildman–Crippen LogP) is 4.78. The first-order valence-electron chi connectivity index (χ1n) is 8.79. The van der Waals surface area contributed by atoms with Crippen LogP contribution >= 0.6 is 11.6 Å². The average molecular weight is 398 g/mol. The highest BCUT2D eigenvalue weighted by Gasteiger charge is 2.26. The number of aromatic hydroxyl groups is 1. The molecule has 3 rings (SSSR count). The van der Waals surface area contributed by atoms with E-state index in [9.17, 15) is 14.7 Å². The van der Waals surface area contributed by atoms with Gasteiger partial charge in [-0.15, -0.1) is 0 Å². The van der Waals surface area contributed by atoms with Crippen molar-refractivity contribution in [2.75, 3.05) is 5.32 Å².